The van der Waals surface area contributed by atoms with Gasteiger partial charge in [-0.15, -0.1) is 0 Å². The summed E-state index contributed by atoms with van der Waals surface area (Å²) in [6, 6.07) is 0. The van der Waals surface area contributed by atoms with Gasteiger partial charge in [-0.2, -0.15) is 10.1 Å². The molecule has 0 aromatic carbocycles. The van der Waals surface area contributed by atoms with Crippen LogP contribution < -0.4 is 5.32 Å². The number of aromatic nitrogens is 4. The van der Waals surface area contributed by atoms with Gasteiger partial charge in [-0.1, -0.05) is 6.08 Å². The van der Waals surface area contributed by atoms with Crippen LogP contribution in [0.5, 0.6) is 0 Å². The van der Waals surface area contributed by atoms with Crippen LogP contribution in [-0.2, 0) is 20.7 Å². The lowest BCUT2D eigenvalue weighted by atomic mass is 10.1. The van der Waals surface area contributed by atoms with Gasteiger partial charge in [-0.3, -0.25) is 4.79 Å². The third-order valence-electron chi connectivity index (χ3n) is 3.20. The van der Waals surface area contributed by atoms with E-state index < -0.39 is 5.97 Å². The third kappa shape index (κ3) is 3.46. The number of esters is 1. The monoisotopic (exact) mass is 303 g/mol. The predicted molar refractivity (Wildman–Crippen MR) is 78.1 cm³/mol. The Morgan fingerprint density at radius 2 is 2.18 bits per heavy atom. The standard InChI is InChI=1S/C14H17N5O3/c1-9-11(10(2)19-14(18-9)16-8-17-19)7-12(20)15-6-4-5-13(21)22-3/h4-5,8H,6-7H2,1-3H3,(H,15,20)/b5-4+. The van der Waals surface area contributed by atoms with Crippen LogP contribution in [0.25, 0.3) is 5.78 Å². The molecular formula is C14H17N5O3. The normalized spacial score (nSPS) is 11.0. The molecule has 0 saturated heterocycles. The number of aryl methyl sites for hydroxylation is 2. The maximum Gasteiger partial charge on any atom is 0.330 e. The Morgan fingerprint density at radius 1 is 1.41 bits per heavy atom. The molecule has 8 heteroatoms. The third-order valence-corrected chi connectivity index (χ3v) is 3.20. The van der Waals surface area contributed by atoms with E-state index in [0.29, 0.717) is 5.78 Å². The van der Waals surface area contributed by atoms with Gasteiger partial charge in [0.1, 0.15) is 6.33 Å². The lowest BCUT2D eigenvalue weighted by Gasteiger charge is -2.10. The Labute approximate surface area is 127 Å². The molecule has 0 aliphatic rings. The molecule has 2 rings (SSSR count). The number of nitrogens with zero attached hydrogens (tertiary/aromatic N) is 4. The minimum absolute atomic E-state index is 0.165. The first-order valence-corrected chi connectivity index (χ1v) is 6.70. The molecule has 2 heterocycles. The highest BCUT2D eigenvalue weighted by Crippen LogP contribution is 2.13. The molecule has 2 aromatic rings. The molecule has 0 radical (unpaired) electrons. The smallest absolute Gasteiger partial charge is 0.330 e. The molecule has 8 nitrogen and oxygen atoms in total. The molecule has 0 spiro atoms. The summed E-state index contributed by atoms with van der Waals surface area (Å²) in [6.07, 6.45) is 4.41. The number of methoxy groups -OCH3 is 1. The summed E-state index contributed by atoms with van der Waals surface area (Å²) < 4.78 is 6.06. The second kappa shape index (κ2) is 6.79. The van der Waals surface area contributed by atoms with Crippen molar-refractivity contribution in [3.05, 3.63) is 35.4 Å². The van der Waals surface area contributed by atoms with Gasteiger partial charge in [0.15, 0.2) is 0 Å². The zero-order chi connectivity index (χ0) is 16.1. The van der Waals surface area contributed by atoms with Crippen molar-refractivity contribution < 1.29 is 14.3 Å². The molecule has 2 aromatic heterocycles. The fraction of sp³-hybridized carbons (Fsp3) is 0.357. The van der Waals surface area contributed by atoms with Gasteiger partial charge in [0, 0.05) is 29.6 Å². The van der Waals surface area contributed by atoms with Crippen LogP contribution >= 0.6 is 0 Å². The van der Waals surface area contributed by atoms with E-state index >= 15 is 0 Å². The van der Waals surface area contributed by atoms with Crippen LogP contribution in [0, 0.1) is 13.8 Å². The van der Waals surface area contributed by atoms with Crippen molar-refractivity contribution >= 4 is 17.7 Å². The number of amides is 1. The number of hydrogen-bond donors (Lipinski definition) is 1. The minimum atomic E-state index is -0.457. The number of fused-ring (bicyclic) bond motifs is 1. The van der Waals surface area contributed by atoms with Crippen molar-refractivity contribution in [1.29, 1.82) is 0 Å². The fourth-order valence-corrected chi connectivity index (χ4v) is 2.03. The molecule has 116 valence electrons. The summed E-state index contributed by atoms with van der Waals surface area (Å²) in [5, 5.41) is 6.78. The summed E-state index contributed by atoms with van der Waals surface area (Å²) in [4.78, 5) is 31.2. The first kappa shape index (κ1) is 15.6. The summed E-state index contributed by atoms with van der Waals surface area (Å²) in [6.45, 7) is 3.96. The summed E-state index contributed by atoms with van der Waals surface area (Å²) in [5.74, 6) is -0.107. The van der Waals surface area contributed by atoms with E-state index in [-0.39, 0.29) is 18.9 Å². The predicted octanol–water partition coefficient (Wildman–Crippen LogP) is 0.129. The molecule has 1 amide bonds. The summed E-state index contributed by atoms with van der Waals surface area (Å²) >= 11 is 0. The Hall–Kier alpha value is -2.77. The Morgan fingerprint density at radius 3 is 2.91 bits per heavy atom. The Bertz CT molecular complexity index is 735. The quantitative estimate of drug-likeness (QED) is 0.622. The lowest BCUT2D eigenvalue weighted by Crippen LogP contribution is -2.26. The van der Waals surface area contributed by atoms with E-state index in [1.165, 1.54) is 25.6 Å². The van der Waals surface area contributed by atoms with Gasteiger partial charge in [0.2, 0.25) is 5.91 Å². The molecule has 0 bridgehead atoms. The van der Waals surface area contributed by atoms with E-state index in [2.05, 4.69) is 25.1 Å². The maximum absolute atomic E-state index is 12.0. The first-order valence-electron chi connectivity index (χ1n) is 6.70. The number of hydrogen-bond acceptors (Lipinski definition) is 6. The number of ether oxygens (including phenoxy) is 1. The molecule has 1 N–H and O–H groups in total. The highest BCUT2D eigenvalue weighted by atomic mass is 16.5. The number of carbonyl (C=O) groups excluding carboxylic acids is 2. The molecule has 0 unspecified atom stereocenters. The summed E-state index contributed by atoms with van der Waals surface area (Å²) in [5.41, 5.74) is 2.39. The Kier molecular flexibility index (Phi) is 4.82. The first-order chi connectivity index (χ1) is 10.5. The highest BCUT2D eigenvalue weighted by molar-refractivity contribution is 5.82. The molecule has 0 aliphatic carbocycles. The van der Waals surface area contributed by atoms with Crippen molar-refractivity contribution in [3.63, 3.8) is 0 Å². The van der Waals surface area contributed by atoms with E-state index in [4.69, 9.17) is 0 Å². The molecule has 22 heavy (non-hydrogen) atoms. The van der Waals surface area contributed by atoms with E-state index in [9.17, 15) is 9.59 Å². The van der Waals surface area contributed by atoms with E-state index in [1.807, 2.05) is 13.8 Å². The van der Waals surface area contributed by atoms with Gasteiger partial charge in [0.25, 0.3) is 5.78 Å². The zero-order valence-electron chi connectivity index (χ0n) is 12.7. The van der Waals surface area contributed by atoms with Crippen LogP contribution in [0.3, 0.4) is 0 Å². The second-order valence-electron chi connectivity index (χ2n) is 4.64. The average molecular weight is 303 g/mol. The van der Waals surface area contributed by atoms with Crippen molar-refractivity contribution in [2.45, 2.75) is 20.3 Å². The molecule has 0 atom stereocenters. The molecule has 0 saturated carbocycles. The van der Waals surface area contributed by atoms with E-state index in [1.54, 1.807) is 4.52 Å². The minimum Gasteiger partial charge on any atom is -0.466 e. The van der Waals surface area contributed by atoms with Crippen molar-refractivity contribution in [1.82, 2.24) is 24.9 Å². The van der Waals surface area contributed by atoms with E-state index in [0.717, 1.165) is 17.0 Å². The van der Waals surface area contributed by atoms with Crippen LogP contribution in [-0.4, -0.2) is 45.1 Å². The topological polar surface area (TPSA) is 98.5 Å². The molecular weight excluding hydrogens is 286 g/mol. The van der Waals surface area contributed by atoms with Gasteiger partial charge < -0.3 is 10.1 Å². The number of rotatable bonds is 5. The van der Waals surface area contributed by atoms with Crippen LogP contribution in [0.2, 0.25) is 0 Å². The van der Waals surface area contributed by atoms with Gasteiger partial charge in [0.05, 0.1) is 13.5 Å². The fourth-order valence-electron chi connectivity index (χ4n) is 2.03. The van der Waals surface area contributed by atoms with Crippen molar-refractivity contribution in [2.75, 3.05) is 13.7 Å². The number of carbonyl (C=O) groups is 2. The van der Waals surface area contributed by atoms with Gasteiger partial charge in [-0.25, -0.2) is 14.3 Å². The SMILES string of the molecule is COC(=O)/C=C/CNC(=O)Cc1c(C)nc2ncnn2c1C. The highest BCUT2D eigenvalue weighted by Gasteiger charge is 2.13. The van der Waals surface area contributed by atoms with Crippen molar-refractivity contribution in [2.24, 2.45) is 0 Å². The second-order valence-corrected chi connectivity index (χ2v) is 4.64. The van der Waals surface area contributed by atoms with Crippen molar-refractivity contribution in [3.8, 4) is 0 Å². The summed E-state index contributed by atoms with van der Waals surface area (Å²) in [7, 11) is 1.30. The Balaban J connectivity index is 2.03. The number of nitrogens with one attached hydrogen (secondary N) is 1. The van der Waals surface area contributed by atoms with Crippen LogP contribution in [0.4, 0.5) is 0 Å². The average Bonchev–Trinajstić information content (AvgIpc) is 2.96. The van der Waals surface area contributed by atoms with Crippen LogP contribution in [0.1, 0.15) is 17.0 Å². The lowest BCUT2D eigenvalue weighted by molar-refractivity contribution is -0.134. The zero-order valence-corrected chi connectivity index (χ0v) is 12.7. The van der Waals surface area contributed by atoms with Gasteiger partial charge >= 0.3 is 5.97 Å². The van der Waals surface area contributed by atoms with Gasteiger partial charge in [-0.05, 0) is 13.8 Å². The largest absolute Gasteiger partial charge is 0.466 e. The maximum atomic E-state index is 12.0. The molecule has 0 aliphatic heterocycles. The van der Waals surface area contributed by atoms with Crippen LogP contribution in [0.15, 0.2) is 18.5 Å². The molecule has 0 fully saturated rings.